The van der Waals surface area contributed by atoms with Crippen molar-refractivity contribution in [2.45, 2.75) is 25.5 Å². The van der Waals surface area contributed by atoms with E-state index in [1.807, 2.05) is 47.0 Å². The van der Waals surface area contributed by atoms with Crippen LogP contribution in [0.1, 0.15) is 18.4 Å². The van der Waals surface area contributed by atoms with Gasteiger partial charge in [0.2, 0.25) is 5.95 Å². The van der Waals surface area contributed by atoms with Crippen LogP contribution in [0.3, 0.4) is 0 Å². The molecule has 1 atom stereocenters. The normalized spacial score (nSPS) is 16.8. The van der Waals surface area contributed by atoms with Crippen LogP contribution < -0.4 is 10.1 Å². The summed E-state index contributed by atoms with van der Waals surface area (Å²) in [4.78, 5) is 15.7. The second-order valence-corrected chi connectivity index (χ2v) is 8.56. The van der Waals surface area contributed by atoms with Crippen molar-refractivity contribution in [3.8, 4) is 17.1 Å². The van der Waals surface area contributed by atoms with Crippen LogP contribution in [0.4, 0.5) is 11.6 Å². The Morgan fingerprint density at radius 2 is 2.12 bits per heavy atom. The summed E-state index contributed by atoms with van der Waals surface area (Å²) in [6.45, 7) is 2.46. The van der Waals surface area contributed by atoms with Gasteiger partial charge in [-0.2, -0.15) is 0 Å². The molecule has 5 rings (SSSR count). The summed E-state index contributed by atoms with van der Waals surface area (Å²) in [6.07, 6.45) is 6.90. The van der Waals surface area contributed by atoms with Crippen LogP contribution in [0.2, 0.25) is 5.02 Å². The number of ether oxygens (including phenoxy) is 1. The highest BCUT2D eigenvalue weighted by Gasteiger charge is 2.18. The van der Waals surface area contributed by atoms with Gasteiger partial charge in [0, 0.05) is 19.3 Å². The predicted octanol–water partition coefficient (Wildman–Crippen LogP) is 4.15. The predicted molar refractivity (Wildman–Crippen MR) is 128 cm³/mol. The van der Waals surface area contributed by atoms with Gasteiger partial charge in [0.05, 0.1) is 42.0 Å². The number of aromatic nitrogens is 4. The number of aliphatic hydroxyl groups is 1. The number of hydrogen-bond donors (Lipinski definition) is 2. The molecule has 8 nitrogen and oxygen atoms in total. The van der Waals surface area contributed by atoms with Crippen LogP contribution in [0.5, 0.6) is 5.75 Å². The third kappa shape index (κ3) is 4.64. The quantitative estimate of drug-likeness (QED) is 0.443. The lowest BCUT2D eigenvalue weighted by molar-refractivity contribution is 0.0668. The first-order valence-corrected chi connectivity index (χ1v) is 11.3. The number of aliphatic hydroxyl groups excluding tert-OH is 1. The summed E-state index contributed by atoms with van der Waals surface area (Å²) in [7, 11) is 1.64. The Kier molecular flexibility index (Phi) is 6.13. The molecule has 2 N–H and O–H groups in total. The molecule has 3 aromatic heterocycles. The fraction of sp³-hybridized carbons (Fsp3) is 0.292. The van der Waals surface area contributed by atoms with Crippen LogP contribution in [-0.4, -0.2) is 55.7 Å². The van der Waals surface area contributed by atoms with E-state index in [0.717, 1.165) is 48.5 Å². The Morgan fingerprint density at radius 3 is 2.97 bits per heavy atom. The number of nitrogens with one attached hydrogen (secondary N) is 1. The number of halogens is 1. The lowest BCUT2D eigenvalue weighted by atomic mass is 10.1. The van der Waals surface area contributed by atoms with Crippen molar-refractivity contribution in [1.82, 2.24) is 24.3 Å². The van der Waals surface area contributed by atoms with E-state index in [-0.39, 0.29) is 6.10 Å². The second-order valence-electron chi connectivity index (χ2n) is 8.15. The van der Waals surface area contributed by atoms with Crippen LogP contribution in [-0.2, 0) is 6.54 Å². The smallest absolute Gasteiger partial charge is 0.227 e. The highest BCUT2D eigenvalue weighted by atomic mass is 35.5. The molecule has 9 heteroatoms. The van der Waals surface area contributed by atoms with Crippen LogP contribution >= 0.6 is 11.6 Å². The van der Waals surface area contributed by atoms with Gasteiger partial charge in [0.25, 0.3) is 0 Å². The number of imidazole rings is 1. The monoisotopic (exact) mass is 464 g/mol. The van der Waals surface area contributed by atoms with Gasteiger partial charge in [-0.3, -0.25) is 9.30 Å². The van der Waals surface area contributed by atoms with E-state index < -0.39 is 0 Å². The van der Waals surface area contributed by atoms with E-state index in [0.29, 0.717) is 29.0 Å². The molecule has 0 bridgehead atoms. The zero-order chi connectivity index (χ0) is 22.8. The number of benzene rings is 1. The number of likely N-dealkylation sites (tertiary alicyclic amines) is 1. The highest BCUT2D eigenvalue weighted by molar-refractivity contribution is 6.32. The summed E-state index contributed by atoms with van der Waals surface area (Å²) in [5, 5.41) is 13.6. The molecule has 0 radical (unpaired) electrons. The zero-order valence-electron chi connectivity index (χ0n) is 18.3. The van der Waals surface area contributed by atoms with Gasteiger partial charge in [0.1, 0.15) is 17.1 Å². The van der Waals surface area contributed by atoms with Crippen molar-refractivity contribution in [2.24, 2.45) is 0 Å². The van der Waals surface area contributed by atoms with Crippen LogP contribution in [0.15, 0.2) is 55.0 Å². The first-order chi connectivity index (χ1) is 16.1. The van der Waals surface area contributed by atoms with E-state index in [1.54, 1.807) is 19.5 Å². The molecule has 1 unspecified atom stereocenters. The molecule has 4 aromatic rings. The van der Waals surface area contributed by atoms with Gasteiger partial charge >= 0.3 is 0 Å². The maximum absolute atomic E-state index is 9.93. The molecule has 0 saturated carbocycles. The van der Waals surface area contributed by atoms with Gasteiger partial charge in [-0.15, -0.1) is 0 Å². The third-order valence-corrected chi connectivity index (χ3v) is 6.08. The number of piperidine rings is 1. The SMILES string of the molecule is COc1cc(CN2CCCC(O)C2)ccc1Nc1ncc(Cl)c(-c2cnc3ccccn23)n1. The average Bonchev–Trinajstić information content (AvgIpc) is 3.25. The van der Waals surface area contributed by atoms with E-state index in [1.165, 1.54) is 0 Å². The van der Waals surface area contributed by atoms with Gasteiger partial charge in [-0.05, 0) is 49.2 Å². The van der Waals surface area contributed by atoms with Crippen molar-refractivity contribution in [3.05, 3.63) is 65.6 Å². The summed E-state index contributed by atoms with van der Waals surface area (Å²) in [6, 6.07) is 11.8. The number of methoxy groups -OCH3 is 1. The van der Waals surface area contributed by atoms with Crippen LogP contribution in [0.25, 0.3) is 17.0 Å². The van der Waals surface area contributed by atoms with E-state index in [4.69, 9.17) is 16.3 Å². The molecule has 170 valence electrons. The molecule has 1 aliphatic heterocycles. The largest absolute Gasteiger partial charge is 0.495 e. The number of pyridine rings is 1. The maximum Gasteiger partial charge on any atom is 0.227 e. The molecule has 4 heterocycles. The molecule has 0 aliphatic carbocycles. The van der Waals surface area contributed by atoms with Crippen molar-refractivity contribution in [2.75, 3.05) is 25.5 Å². The van der Waals surface area contributed by atoms with Crippen LogP contribution in [0, 0.1) is 0 Å². The Hall–Kier alpha value is -3.20. The average molecular weight is 465 g/mol. The number of rotatable bonds is 6. The number of anilines is 2. The van der Waals surface area contributed by atoms with E-state index in [9.17, 15) is 5.11 Å². The van der Waals surface area contributed by atoms with Crippen molar-refractivity contribution < 1.29 is 9.84 Å². The molecule has 1 saturated heterocycles. The Bertz CT molecular complexity index is 1280. The summed E-state index contributed by atoms with van der Waals surface area (Å²) in [5.74, 6) is 1.10. The van der Waals surface area contributed by atoms with Gasteiger partial charge in [-0.25, -0.2) is 15.0 Å². The van der Waals surface area contributed by atoms with Gasteiger partial charge in [-0.1, -0.05) is 23.7 Å². The summed E-state index contributed by atoms with van der Waals surface area (Å²) < 4.78 is 7.56. The fourth-order valence-corrected chi connectivity index (χ4v) is 4.39. The third-order valence-electron chi connectivity index (χ3n) is 5.80. The standard InChI is InChI=1S/C24H25ClN6O2/c1-33-21-11-16(14-30-9-4-5-17(32)15-30)7-8-19(21)28-24-27-12-18(25)23(29-24)20-13-26-22-6-2-3-10-31(20)22/h2-3,6-8,10-13,17,32H,4-5,9,14-15H2,1H3,(H,27,28,29). The minimum absolute atomic E-state index is 0.245. The first kappa shape index (κ1) is 21.6. The Labute approximate surface area is 196 Å². The molecular formula is C24H25ClN6O2. The van der Waals surface area contributed by atoms with Crippen molar-refractivity contribution >= 4 is 28.9 Å². The molecular weight excluding hydrogens is 440 g/mol. The molecule has 1 aliphatic rings. The maximum atomic E-state index is 9.93. The Morgan fingerprint density at radius 1 is 1.21 bits per heavy atom. The fourth-order valence-electron chi connectivity index (χ4n) is 4.21. The molecule has 0 amide bonds. The molecule has 1 aromatic carbocycles. The zero-order valence-corrected chi connectivity index (χ0v) is 19.0. The number of β-amino-alcohol motifs (C(OH)–C–C–N with tert-alkyl or cyclic N) is 1. The lowest BCUT2D eigenvalue weighted by Gasteiger charge is -2.30. The molecule has 33 heavy (non-hydrogen) atoms. The number of nitrogens with zero attached hydrogens (tertiary/aromatic N) is 5. The molecule has 0 spiro atoms. The second kappa shape index (κ2) is 9.35. The van der Waals surface area contributed by atoms with E-state index >= 15 is 0 Å². The minimum atomic E-state index is -0.245. The van der Waals surface area contributed by atoms with Gasteiger partial charge in [0.15, 0.2) is 0 Å². The van der Waals surface area contributed by atoms with Crippen molar-refractivity contribution in [1.29, 1.82) is 0 Å². The topological polar surface area (TPSA) is 87.8 Å². The molecule has 1 fully saturated rings. The van der Waals surface area contributed by atoms with Gasteiger partial charge < -0.3 is 15.2 Å². The number of fused-ring (bicyclic) bond motifs is 1. The lowest BCUT2D eigenvalue weighted by Crippen LogP contribution is -2.37. The summed E-state index contributed by atoms with van der Waals surface area (Å²) >= 11 is 6.43. The van der Waals surface area contributed by atoms with Crippen molar-refractivity contribution in [3.63, 3.8) is 0 Å². The van der Waals surface area contributed by atoms with E-state index in [2.05, 4.69) is 25.2 Å². The minimum Gasteiger partial charge on any atom is -0.495 e. The first-order valence-electron chi connectivity index (χ1n) is 10.9. The summed E-state index contributed by atoms with van der Waals surface area (Å²) in [5.41, 5.74) is 4.07. The highest BCUT2D eigenvalue weighted by Crippen LogP contribution is 2.31. The Balaban J connectivity index is 1.39. The number of hydrogen-bond acceptors (Lipinski definition) is 7.